The molecule has 14 heavy (non-hydrogen) atoms. The maximum Gasteiger partial charge on any atom is 0.106 e. The Labute approximate surface area is 84.8 Å². The van der Waals surface area contributed by atoms with Crippen molar-refractivity contribution >= 4 is 6.79 Å². The minimum absolute atomic E-state index is 0.610. The summed E-state index contributed by atoms with van der Waals surface area (Å²) >= 11 is 0. The number of carbonyl (C=O) groups excluding carboxylic acids is 1. The highest BCUT2D eigenvalue weighted by Gasteiger charge is 2.21. The molecule has 0 aliphatic carbocycles. The maximum atomic E-state index is 8.00. The van der Waals surface area contributed by atoms with Gasteiger partial charge < -0.3 is 4.79 Å². The molecule has 2 rings (SSSR count). The SMILES string of the molecule is C=O.CN1CCC[C@@H]1c1cccnc1. The molecular weight excluding hydrogens is 176 g/mol. The van der Waals surface area contributed by atoms with E-state index in [0.29, 0.717) is 6.04 Å². The summed E-state index contributed by atoms with van der Waals surface area (Å²) in [5, 5.41) is 0. The molecule has 3 heteroatoms. The molecule has 0 N–H and O–H groups in total. The lowest BCUT2D eigenvalue weighted by molar-refractivity contribution is -0.0979. The van der Waals surface area contributed by atoms with Crippen LogP contribution < -0.4 is 0 Å². The van der Waals surface area contributed by atoms with Crippen LogP contribution in [0.25, 0.3) is 0 Å². The molecule has 0 radical (unpaired) electrons. The monoisotopic (exact) mass is 192 g/mol. The Kier molecular flexibility index (Phi) is 4.26. The number of hydrogen-bond acceptors (Lipinski definition) is 3. The lowest BCUT2D eigenvalue weighted by Gasteiger charge is -2.18. The van der Waals surface area contributed by atoms with E-state index in [4.69, 9.17) is 4.79 Å². The van der Waals surface area contributed by atoms with Gasteiger partial charge in [0.2, 0.25) is 0 Å². The van der Waals surface area contributed by atoms with Crippen LogP contribution in [0.1, 0.15) is 24.4 Å². The Hall–Kier alpha value is -1.22. The summed E-state index contributed by atoms with van der Waals surface area (Å²) in [6, 6.07) is 4.79. The minimum Gasteiger partial charge on any atom is -0.307 e. The minimum atomic E-state index is 0.610. The van der Waals surface area contributed by atoms with E-state index in [0.717, 1.165) is 0 Å². The Morgan fingerprint density at radius 2 is 2.36 bits per heavy atom. The second-order valence-electron chi connectivity index (χ2n) is 3.42. The molecule has 2 heterocycles. The summed E-state index contributed by atoms with van der Waals surface area (Å²) in [5.41, 5.74) is 1.36. The van der Waals surface area contributed by atoms with Crippen LogP contribution in [0.15, 0.2) is 24.5 Å². The van der Waals surface area contributed by atoms with E-state index in [9.17, 15) is 0 Å². The van der Waals surface area contributed by atoms with Gasteiger partial charge in [0.25, 0.3) is 0 Å². The first-order valence-electron chi connectivity index (χ1n) is 4.77. The van der Waals surface area contributed by atoms with Crippen LogP contribution in [0.4, 0.5) is 0 Å². The molecule has 0 amide bonds. The second-order valence-corrected chi connectivity index (χ2v) is 3.42. The Balaban J connectivity index is 0.000000461. The second kappa shape index (κ2) is 5.50. The lowest BCUT2D eigenvalue weighted by Crippen LogP contribution is -2.17. The molecule has 0 saturated carbocycles. The zero-order chi connectivity index (χ0) is 10.4. The molecule has 1 aliphatic heterocycles. The standard InChI is InChI=1S/C10H14N2.CH2O/c1-12-7-3-5-10(12)9-4-2-6-11-8-9;1-2/h2,4,6,8,10H,3,5,7H2,1H3;1H2/t10-;/m1./s1. The summed E-state index contributed by atoms with van der Waals surface area (Å²) < 4.78 is 0. The number of carbonyl (C=O) groups is 1. The van der Waals surface area contributed by atoms with Crippen LogP contribution in [-0.4, -0.2) is 30.3 Å². The molecule has 0 unspecified atom stereocenters. The first kappa shape index (κ1) is 10.9. The van der Waals surface area contributed by atoms with E-state index < -0.39 is 0 Å². The van der Waals surface area contributed by atoms with Crippen molar-refractivity contribution in [2.24, 2.45) is 0 Å². The fourth-order valence-corrected chi connectivity index (χ4v) is 1.90. The first-order valence-corrected chi connectivity index (χ1v) is 4.77. The van der Waals surface area contributed by atoms with Crippen molar-refractivity contribution in [3.63, 3.8) is 0 Å². The van der Waals surface area contributed by atoms with Gasteiger partial charge in [-0.2, -0.15) is 0 Å². The molecule has 1 aromatic rings. The third kappa shape index (κ3) is 2.39. The molecule has 0 aromatic carbocycles. The number of nitrogens with zero attached hydrogens (tertiary/aromatic N) is 2. The zero-order valence-corrected chi connectivity index (χ0v) is 8.52. The van der Waals surface area contributed by atoms with Crippen molar-refractivity contribution in [3.8, 4) is 0 Å². The predicted molar refractivity (Wildman–Crippen MR) is 56.0 cm³/mol. The van der Waals surface area contributed by atoms with Gasteiger partial charge in [0.05, 0.1) is 0 Å². The predicted octanol–water partition coefficient (Wildman–Crippen LogP) is 1.66. The Morgan fingerprint density at radius 1 is 1.57 bits per heavy atom. The van der Waals surface area contributed by atoms with E-state index in [1.54, 1.807) is 0 Å². The highest BCUT2D eigenvalue weighted by Crippen LogP contribution is 2.29. The van der Waals surface area contributed by atoms with Gasteiger partial charge in [-0.1, -0.05) is 6.07 Å². The zero-order valence-electron chi connectivity index (χ0n) is 8.52. The highest BCUT2D eigenvalue weighted by molar-refractivity contribution is 5.14. The van der Waals surface area contributed by atoms with Crippen LogP contribution in [0.5, 0.6) is 0 Å². The van der Waals surface area contributed by atoms with Gasteiger partial charge in [-0.05, 0) is 38.1 Å². The molecule has 1 aliphatic rings. The van der Waals surface area contributed by atoms with Gasteiger partial charge in [0.1, 0.15) is 6.79 Å². The van der Waals surface area contributed by atoms with Gasteiger partial charge in [-0.25, -0.2) is 0 Å². The van der Waals surface area contributed by atoms with Crippen molar-refractivity contribution in [3.05, 3.63) is 30.1 Å². The van der Waals surface area contributed by atoms with Crippen molar-refractivity contribution in [1.82, 2.24) is 9.88 Å². The fraction of sp³-hybridized carbons (Fsp3) is 0.455. The van der Waals surface area contributed by atoms with Gasteiger partial charge >= 0.3 is 0 Å². The lowest BCUT2D eigenvalue weighted by atomic mass is 10.1. The molecular formula is C11H16N2O. The summed E-state index contributed by atoms with van der Waals surface area (Å²) in [7, 11) is 2.19. The summed E-state index contributed by atoms with van der Waals surface area (Å²) in [6.07, 6.45) is 6.41. The fourth-order valence-electron chi connectivity index (χ4n) is 1.90. The van der Waals surface area contributed by atoms with Crippen molar-refractivity contribution in [2.75, 3.05) is 13.6 Å². The van der Waals surface area contributed by atoms with Crippen molar-refractivity contribution in [2.45, 2.75) is 18.9 Å². The van der Waals surface area contributed by atoms with Gasteiger partial charge in [0, 0.05) is 18.4 Å². The largest absolute Gasteiger partial charge is 0.307 e. The van der Waals surface area contributed by atoms with Crippen molar-refractivity contribution in [1.29, 1.82) is 0 Å². The molecule has 0 bridgehead atoms. The molecule has 1 saturated heterocycles. The normalized spacial score (nSPS) is 21.4. The topological polar surface area (TPSA) is 33.2 Å². The smallest absolute Gasteiger partial charge is 0.106 e. The number of likely N-dealkylation sites (tertiary alicyclic amines) is 1. The average molecular weight is 192 g/mol. The van der Waals surface area contributed by atoms with Gasteiger partial charge in [0.15, 0.2) is 0 Å². The first-order chi connectivity index (χ1) is 6.88. The van der Waals surface area contributed by atoms with Crippen LogP contribution in [-0.2, 0) is 4.79 Å². The molecule has 1 aromatic heterocycles. The van der Waals surface area contributed by atoms with E-state index in [2.05, 4.69) is 23.0 Å². The van der Waals surface area contributed by atoms with E-state index >= 15 is 0 Å². The third-order valence-corrected chi connectivity index (χ3v) is 2.59. The summed E-state index contributed by atoms with van der Waals surface area (Å²) in [5.74, 6) is 0. The molecule has 1 fully saturated rings. The van der Waals surface area contributed by atoms with E-state index in [1.165, 1.54) is 24.9 Å². The molecule has 76 valence electrons. The van der Waals surface area contributed by atoms with Gasteiger partial charge in [-0.15, -0.1) is 0 Å². The number of aromatic nitrogens is 1. The van der Waals surface area contributed by atoms with E-state index in [-0.39, 0.29) is 0 Å². The number of rotatable bonds is 1. The summed E-state index contributed by atoms with van der Waals surface area (Å²) in [4.78, 5) is 14.5. The third-order valence-electron chi connectivity index (χ3n) is 2.59. The Morgan fingerprint density at radius 3 is 2.86 bits per heavy atom. The van der Waals surface area contributed by atoms with Crippen LogP contribution >= 0.6 is 0 Å². The Bertz CT molecular complexity index is 263. The quantitative estimate of drug-likeness (QED) is 0.678. The van der Waals surface area contributed by atoms with Gasteiger partial charge in [-0.3, -0.25) is 9.88 Å². The maximum absolute atomic E-state index is 8.00. The molecule has 0 spiro atoms. The average Bonchev–Trinajstić information content (AvgIpc) is 2.69. The summed E-state index contributed by atoms with van der Waals surface area (Å²) in [6.45, 7) is 3.22. The number of pyridine rings is 1. The number of hydrogen-bond donors (Lipinski definition) is 0. The molecule has 3 nitrogen and oxygen atoms in total. The van der Waals surface area contributed by atoms with E-state index in [1.807, 2.05) is 25.2 Å². The van der Waals surface area contributed by atoms with Crippen molar-refractivity contribution < 1.29 is 4.79 Å². The molecule has 1 atom stereocenters. The van der Waals surface area contributed by atoms with Crippen LogP contribution in [0, 0.1) is 0 Å². The van der Waals surface area contributed by atoms with Crippen LogP contribution in [0.2, 0.25) is 0 Å². The van der Waals surface area contributed by atoms with Crippen LogP contribution in [0.3, 0.4) is 0 Å². The highest BCUT2D eigenvalue weighted by atomic mass is 16.1.